The SMILES string of the molecule is [C-]#[N+]c1c(Nc2ccc(N3CCNCC3)cn2)ncnc1Oc1ccc2c(c1F)C=C(C)C2. The van der Waals surface area contributed by atoms with E-state index in [0.717, 1.165) is 49.4 Å². The summed E-state index contributed by atoms with van der Waals surface area (Å²) in [6.45, 7) is 13.3. The quantitative estimate of drug-likeness (QED) is 0.564. The number of nitrogens with zero attached hydrogens (tertiary/aromatic N) is 5. The van der Waals surface area contributed by atoms with Crippen molar-refractivity contribution >= 4 is 29.1 Å². The van der Waals surface area contributed by atoms with Crippen molar-refractivity contribution in [1.29, 1.82) is 0 Å². The van der Waals surface area contributed by atoms with Gasteiger partial charge in [-0.1, -0.05) is 17.7 Å². The van der Waals surface area contributed by atoms with Gasteiger partial charge in [-0.25, -0.2) is 24.2 Å². The highest BCUT2D eigenvalue weighted by Crippen LogP contribution is 2.39. The fraction of sp³-hybridized carbons (Fsp3) is 0.250. The summed E-state index contributed by atoms with van der Waals surface area (Å²) in [6.07, 6.45) is 5.60. The second-order valence-corrected chi connectivity index (χ2v) is 7.97. The number of benzene rings is 1. The lowest BCUT2D eigenvalue weighted by atomic mass is 10.1. The van der Waals surface area contributed by atoms with Gasteiger partial charge in [-0.2, -0.15) is 0 Å². The molecule has 0 unspecified atom stereocenters. The average Bonchev–Trinajstić information content (AvgIpc) is 3.23. The number of aromatic nitrogens is 3. The van der Waals surface area contributed by atoms with Gasteiger partial charge in [-0.3, -0.25) is 0 Å². The number of fused-ring (bicyclic) bond motifs is 1. The lowest BCUT2D eigenvalue weighted by Crippen LogP contribution is -2.43. The van der Waals surface area contributed by atoms with E-state index in [1.165, 1.54) is 6.33 Å². The van der Waals surface area contributed by atoms with Crippen molar-refractivity contribution in [3.8, 4) is 11.6 Å². The lowest BCUT2D eigenvalue weighted by Gasteiger charge is -2.29. The van der Waals surface area contributed by atoms with Gasteiger partial charge in [0.2, 0.25) is 5.88 Å². The summed E-state index contributed by atoms with van der Waals surface area (Å²) in [7, 11) is 0. The summed E-state index contributed by atoms with van der Waals surface area (Å²) in [4.78, 5) is 18.5. The van der Waals surface area contributed by atoms with Crippen molar-refractivity contribution in [2.75, 3.05) is 36.4 Å². The number of allylic oxidation sites excluding steroid dienone is 1. The molecule has 33 heavy (non-hydrogen) atoms. The summed E-state index contributed by atoms with van der Waals surface area (Å²) in [5.74, 6) is 0.325. The van der Waals surface area contributed by atoms with E-state index < -0.39 is 5.82 Å². The van der Waals surface area contributed by atoms with Crippen molar-refractivity contribution in [2.24, 2.45) is 0 Å². The van der Waals surface area contributed by atoms with Crippen LogP contribution in [0.4, 0.5) is 27.4 Å². The Morgan fingerprint density at radius 2 is 2.00 bits per heavy atom. The molecule has 9 heteroatoms. The normalized spacial score (nSPS) is 14.9. The minimum absolute atomic E-state index is 0.0162. The van der Waals surface area contributed by atoms with Gasteiger partial charge in [0, 0.05) is 31.7 Å². The first-order valence-electron chi connectivity index (χ1n) is 10.7. The van der Waals surface area contributed by atoms with Crippen LogP contribution in [0.1, 0.15) is 18.1 Å². The van der Waals surface area contributed by atoms with Crippen LogP contribution < -0.4 is 20.3 Å². The van der Waals surface area contributed by atoms with E-state index in [-0.39, 0.29) is 23.1 Å². The molecule has 0 bridgehead atoms. The third kappa shape index (κ3) is 4.21. The molecule has 3 aromatic rings. The smallest absolute Gasteiger partial charge is 0.288 e. The molecular formula is C24H22FN7O. The molecule has 166 valence electrons. The molecule has 1 saturated heterocycles. The Labute approximate surface area is 191 Å². The Bertz CT molecular complexity index is 1260. The Hall–Kier alpha value is -4.03. The third-order valence-corrected chi connectivity index (χ3v) is 5.68. The van der Waals surface area contributed by atoms with E-state index in [0.29, 0.717) is 11.4 Å². The number of ether oxygens (including phenoxy) is 1. The first-order chi connectivity index (χ1) is 16.1. The van der Waals surface area contributed by atoms with Gasteiger partial charge in [0.05, 0.1) is 18.5 Å². The number of piperazine rings is 1. The van der Waals surface area contributed by atoms with Crippen LogP contribution >= 0.6 is 0 Å². The maximum atomic E-state index is 15.0. The van der Waals surface area contributed by atoms with Crippen LogP contribution in [0, 0.1) is 12.4 Å². The zero-order valence-corrected chi connectivity index (χ0v) is 18.1. The molecule has 3 heterocycles. The fourth-order valence-corrected chi connectivity index (χ4v) is 4.02. The third-order valence-electron chi connectivity index (χ3n) is 5.68. The number of pyridine rings is 1. The number of hydrogen-bond donors (Lipinski definition) is 2. The number of rotatable bonds is 5. The largest absolute Gasteiger partial charge is 0.446 e. The summed E-state index contributed by atoms with van der Waals surface area (Å²) in [6, 6.07) is 7.22. The first kappa shape index (κ1) is 20.8. The van der Waals surface area contributed by atoms with Crippen molar-refractivity contribution in [3.63, 3.8) is 0 Å². The molecule has 2 aromatic heterocycles. The number of nitrogens with one attached hydrogen (secondary N) is 2. The molecular weight excluding hydrogens is 421 g/mol. The highest BCUT2D eigenvalue weighted by molar-refractivity contribution is 5.75. The van der Waals surface area contributed by atoms with Crippen LogP contribution in [0.2, 0.25) is 0 Å². The van der Waals surface area contributed by atoms with Gasteiger partial charge in [0.25, 0.3) is 5.69 Å². The van der Waals surface area contributed by atoms with E-state index in [9.17, 15) is 4.39 Å². The first-order valence-corrected chi connectivity index (χ1v) is 10.7. The van der Waals surface area contributed by atoms with Crippen molar-refractivity contribution in [3.05, 3.63) is 70.7 Å². The molecule has 1 aliphatic carbocycles. The molecule has 2 aliphatic rings. The molecule has 8 nitrogen and oxygen atoms in total. The number of anilines is 3. The van der Waals surface area contributed by atoms with Gasteiger partial charge >= 0.3 is 0 Å². The zero-order chi connectivity index (χ0) is 22.8. The van der Waals surface area contributed by atoms with Crippen molar-refractivity contribution in [2.45, 2.75) is 13.3 Å². The summed E-state index contributed by atoms with van der Waals surface area (Å²) in [5, 5.41) is 6.38. The molecule has 0 amide bonds. The maximum Gasteiger partial charge on any atom is 0.288 e. The maximum absolute atomic E-state index is 15.0. The molecule has 1 fully saturated rings. The lowest BCUT2D eigenvalue weighted by molar-refractivity contribution is 0.428. The molecule has 5 rings (SSSR count). The average molecular weight is 443 g/mol. The van der Waals surface area contributed by atoms with E-state index in [1.54, 1.807) is 12.3 Å². The molecule has 0 atom stereocenters. The van der Waals surface area contributed by atoms with Crippen molar-refractivity contribution < 1.29 is 9.13 Å². The second-order valence-electron chi connectivity index (χ2n) is 7.97. The van der Waals surface area contributed by atoms with Gasteiger partial charge in [0.1, 0.15) is 18.0 Å². The van der Waals surface area contributed by atoms with Gasteiger partial charge < -0.3 is 20.3 Å². The molecule has 1 aliphatic heterocycles. The van der Waals surface area contributed by atoms with Gasteiger partial charge in [-0.05, 0) is 37.1 Å². The number of hydrogen-bond acceptors (Lipinski definition) is 7. The van der Waals surface area contributed by atoms with E-state index in [2.05, 4.69) is 35.3 Å². The summed E-state index contributed by atoms with van der Waals surface area (Å²) in [5.41, 5.74) is 3.62. The Kier molecular flexibility index (Phi) is 5.59. The van der Waals surface area contributed by atoms with Gasteiger partial charge in [0.15, 0.2) is 11.6 Å². The van der Waals surface area contributed by atoms with Crippen LogP contribution in [-0.2, 0) is 6.42 Å². The second kappa shape index (κ2) is 8.84. The Morgan fingerprint density at radius 1 is 1.15 bits per heavy atom. The topological polar surface area (TPSA) is 79.6 Å². The molecule has 0 saturated carbocycles. The number of halogens is 1. The van der Waals surface area contributed by atoms with Crippen LogP contribution in [0.5, 0.6) is 11.6 Å². The highest BCUT2D eigenvalue weighted by Gasteiger charge is 2.21. The van der Waals surface area contributed by atoms with Crippen LogP contribution in [0.15, 0.2) is 42.4 Å². The molecule has 1 aromatic carbocycles. The monoisotopic (exact) mass is 443 g/mol. The summed E-state index contributed by atoms with van der Waals surface area (Å²) < 4.78 is 20.7. The Morgan fingerprint density at radius 3 is 2.76 bits per heavy atom. The van der Waals surface area contributed by atoms with Crippen molar-refractivity contribution in [1.82, 2.24) is 20.3 Å². The highest BCUT2D eigenvalue weighted by atomic mass is 19.1. The molecule has 0 radical (unpaired) electrons. The molecule has 0 spiro atoms. The fourth-order valence-electron chi connectivity index (χ4n) is 4.02. The van der Waals surface area contributed by atoms with Crippen LogP contribution in [0.3, 0.4) is 0 Å². The Balaban J connectivity index is 1.38. The van der Waals surface area contributed by atoms with E-state index >= 15 is 0 Å². The predicted molar refractivity (Wildman–Crippen MR) is 125 cm³/mol. The molecule has 2 N–H and O–H groups in total. The standard InChI is InChI=1S/C24H22FN7O/c1-15-11-16-3-5-19(21(25)18(16)12-15)33-24-22(26-2)23(29-14-30-24)31-20-6-4-17(13-28-20)32-9-7-27-8-10-32/h3-6,12-14,27H,7-11H2,1H3,(H,28,29,30,31). The van der Waals surface area contributed by atoms with E-state index in [4.69, 9.17) is 11.3 Å². The van der Waals surface area contributed by atoms with E-state index in [1.807, 2.05) is 31.2 Å². The predicted octanol–water partition coefficient (Wildman–Crippen LogP) is 4.47. The summed E-state index contributed by atoms with van der Waals surface area (Å²) >= 11 is 0. The minimum atomic E-state index is -0.460. The van der Waals surface area contributed by atoms with Crippen LogP contribution in [0.25, 0.3) is 10.9 Å². The zero-order valence-electron chi connectivity index (χ0n) is 18.1. The van der Waals surface area contributed by atoms with Crippen LogP contribution in [-0.4, -0.2) is 41.1 Å². The minimum Gasteiger partial charge on any atom is -0.446 e. The van der Waals surface area contributed by atoms with Gasteiger partial charge in [-0.15, -0.1) is 0 Å².